The number of methoxy groups -OCH3 is 1. The van der Waals surface area contributed by atoms with Gasteiger partial charge in [0.05, 0.1) is 24.9 Å². The molecule has 0 aromatic carbocycles. The van der Waals surface area contributed by atoms with Gasteiger partial charge in [0.15, 0.2) is 0 Å². The SMILES string of the molecule is COC1(CN2C(=O)C3(CC3)NC2C)CCOC1. The van der Waals surface area contributed by atoms with Gasteiger partial charge >= 0.3 is 0 Å². The van der Waals surface area contributed by atoms with Crippen molar-refractivity contribution >= 4 is 5.91 Å². The molecule has 96 valence electrons. The molecule has 1 N–H and O–H groups in total. The van der Waals surface area contributed by atoms with Crippen LogP contribution in [0.4, 0.5) is 0 Å². The Balaban J connectivity index is 1.74. The summed E-state index contributed by atoms with van der Waals surface area (Å²) in [7, 11) is 1.71. The van der Waals surface area contributed by atoms with Crippen molar-refractivity contribution in [2.75, 3.05) is 26.9 Å². The maximum absolute atomic E-state index is 12.3. The summed E-state index contributed by atoms with van der Waals surface area (Å²) in [5, 5.41) is 3.40. The average molecular weight is 240 g/mol. The average Bonchev–Trinajstić information content (AvgIpc) is 2.88. The van der Waals surface area contributed by atoms with E-state index in [-0.39, 0.29) is 23.2 Å². The first kappa shape index (κ1) is 11.4. The van der Waals surface area contributed by atoms with Gasteiger partial charge in [0.1, 0.15) is 5.60 Å². The van der Waals surface area contributed by atoms with Gasteiger partial charge in [-0.1, -0.05) is 0 Å². The number of hydrogen-bond donors (Lipinski definition) is 1. The molecule has 2 aliphatic heterocycles. The minimum Gasteiger partial charge on any atom is -0.378 e. The van der Waals surface area contributed by atoms with Crippen LogP contribution in [0.3, 0.4) is 0 Å². The molecule has 3 fully saturated rings. The lowest BCUT2D eigenvalue weighted by atomic mass is 10.0. The van der Waals surface area contributed by atoms with Crippen LogP contribution in [-0.4, -0.2) is 55.0 Å². The maximum Gasteiger partial charge on any atom is 0.244 e. The fourth-order valence-corrected chi connectivity index (χ4v) is 2.93. The summed E-state index contributed by atoms with van der Waals surface area (Å²) in [4.78, 5) is 14.2. The van der Waals surface area contributed by atoms with Crippen molar-refractivity contribution in [3.05, 3.63) is 0 Å². The molecule has 5 nitrogen and oxygen atoms in total. The van der Waals surface area contributed by atoms with Crippen LogP contribution >= 0.6 is 0 Å². The zero-order chi connectivity index (χ0) is 12.1. The molecule has 1 amide bonds. The number of hydrogen-bond acceptors (Lipinski definition) is 4. The molecule has 1 saturated carbocycles. The summed E-state index contributed by atoms with van der Waals surface area (Å²) in [6.07, 6.45) is 2.93. The van der Waals surface area contributed by atoms with Gasteiger partial charge in [0.2, 0.25) is 5.91 Å². The summed E-state index contributed by atoms with van der Waals surface area (Å²) in [6.45, 7) is 4.00. The fraction of sp³-hybridized carbons (Fsp3) is 0.917. The summed E-state index contributed by atoms with van der Waals surface area (Å²) >= 11 is 0. The summed E-state index contributed by atoms with van der Waals surface area (Å²) in [6, 6.07) is 0. The Morgan fingerprint density at radius 3 is 2.76 bits per heavy atom. The topological polar surface area (TPSA) is 50.8 Å². The van der Waals surface area contributed by atoms with E-state index in [1.165, 1.54) is 0 Å². The van der Waals surface area contributed by atoms with Crippen LogP contribution < -0.4 is 5.32 Å². The Hall–Kier alpha value is -0.650. The van der Waals surface area contributed by atoms with Crippen LogP contribution in [0.2, 0.25) is 0 Å². The van der Waals surface area contributed by atoms with E-state index in [2.05, 4.69) is 5.32 Å². The normalized spacial score (nSPS) is 39.3. The van der Waals surface area contributed by atoms with Gasteiger partial charge in [0, 0.05) is 20.1 Å². The van der Waals surface area contributed by atoms with E-state index < -0.39 is 0 Å². The Bertz CT molecular complexity index is 335. The molecule has 0 aromatic heterocycles. The third-order valence-electron chi connectivity index (χ3n) is 4.33. The molecule has 3 rings (SSSR count). The van der Waals surface area contributed by atoms with E-state index in [0.29, 0.717) is 13.2 Å². The van der Waals surface area contributed by atoms with Crippen LogP contribution in [0.1, 0.15) is 26.2 Å². The smallest absolute Gasteiger partial charge is 0.244 e. The first-order chi connectivity index (χ1) is 8.11. The van der Waals surface area contributed by atoms with Crippen molar-refractivity contribution in [3.63, 3.8) is 0 Å². The Morgan fingerprint density at radius 2 is 2.29 bits per heavy atom. The molecule has 17 heavy (non-hydrogen) atoms. The van der Waals surface area contributed by atoms with E-state index in [1.807, 2.05) is 11.8 Å². The van der Waals surface area contributed by atoms with E-state index in [1.54, 1.807) is 7.11 Å². The zero-order valence-corrected chi connectivity index (χ0v) is 10.5. The monoisotopic (exact) mass is 240 g/mol. The first-order valence-electron chi connectivity index (χ1n) is 6.33. The lowest BCUT2D eigenvalue weighted by Crippen LogP contribution is -2.49. The van der Waals surface area contributed by atoms with Crippen molar-refractivity contribution < 1.29 is 14.3 Å². The van der Waals surface area contributed by atoms with Gasteiger partial charge < -0.3 is 14.4 Å². The molecule has 2 heterocycles. The molecule has 2 saturated heterocycles. The number of carbonyl (C=O) groups excluding carboxylic acids is 1. The second kappa shape index (κ2) is 3.67. The Morgan fingerprint density at radius 1 is 1.53 bits per heavy atom. The second-order valence-electron chi connectivity index (χ2n) is 5.53. The van der Waals surface area contributed by atoms with Gasteiger partial charge in [-0.15, -0.1) is 0 Å². The molecule has 0 bridgehead atoms. The van der Waals surface area contributed by atoms with Gasteiger partial charge in [-0.3, -0.25) is 10.1 Å². The third-order valence-corrected chi connectivity index (χ3v) is 4.33. The molecule has 2 unspecified atom stereocenters. The number of amides is 1. The highest BCUT2D eigenvalue weighted by Gasteiger charge is 2.59. The molecular formula is C12H20N2O3. The lowest BCUT2D eigenvalue weighted by molar-refractivity contribution is -0.135. The zero-order valence-electron chi connectivity index (χ0n) is 10.5. The van der Waals surface area contributed by atoms with Crippen LogP contribution in [0.25, 0.3) is 0 Å². The molecule has 0 aromatic rings. The Kier molecular flexibility index (Phi) is 2.47. The minimum atomic E-state index is -0.300. The summed E-state index contributed by atoms with van der Waals surface area (Å²) in [5.74, 6) is 0.244. The number of nitrogens with zero attached hydrogens (tertiary/aromatic N) is 1. The standard InChI is InChI=1S/C12H20N2O3/c1-9-13-12(3-4-12)10(15)14(9)7-11(16-2)5-6-17-8-11/h9,13H,3-8H2,1-2H3. The van der Waals surface area contributed by atoms with Crippen molar-refractivity contribution in [1.29, 1.82) is 0 Å². The molecule has 1 aliphatic carbocycles. The first-order valence-corrected chi connectivity index (χ1v) is 6.33. The van der Waals surface area contributed by atoms with Gasteiger partial charge in [-0.05, 0) is 19.8 Å². The minimum absolute atomic E-state index is 0.109. The van der Waals surface area contributed by atoms with E-state index in [4.69, 9.17) is 9.47 Å². The molecule has 5 heteroatoms. The lowest BCUT2D eigenvalue weighted by Gasteiger charge is -2.32. The van der Waals surface area contributed by atoms with Crippen LogP contribution in [0, 0.1) is 0 Å². The van der Waals surface area contributed by atoms with E-state index in [0.717, 1.165) is 25.9 Å². The van der Waals surface area contributed by atoms with Crippen molar-refractivity contribution in [2.45, 2.75) is 43.5 Å². The van der Waals surface area contributed by atoms with Gasteiger partial charge in [-0.2, -0.15) is 0 Å². The summed E-state index contributed by atoms with van der Waals surface area (Å²) in [5.41, 5.74) is -0.528. The Labute approximate surface area is 101 Å². The molecule has 2 atom stereocenters. The highest BCUT2D eigenvalue weighted by molar-refractivity contribution is 5.91. The molecule has 0 radical (unpaired) electrons. The van der Waals surface area contributed by atoms with Crippen LogP contribution in [0.5, 0.6) is 0 Å². The van der Waals surface area contributed by atoms with Gasteiger partial charge in [-0.25, -0.2) is 0 Å². The van der Waals surface area contributed by atoms with Gasteiger partial charge in [0.25, 0.3) is 0 Å². The van der Waals surface area contributed by atoms with E-state index in [9.17, 15) is 4.79 Å². The van der Waals surface area contributed by atoms with Crippen LogP contribution in [0.15, 0.2) is 0 Å². The number of nitrogens with one attached hydrogen (secondary N) is 1. The van der Waals surface area contributed by atoms with Crippen molar-refractivity contribution in [3.8, 4) is 0 Å². The van der Waals surface area contributed by atoms with E-state index >= 15 is 0 Å². The summed E-state index contributed by atoms with van der Waals surface area (Å²) < 4.78 is 11.0. The largest absolute Gasteiger partial charge is 0.378 e. The predicted octanol–water partition coefficient (Wildman–Crippen LogP) is 0.102. The number of rotatable bonds is 3. The van der Waals surface area contributed by atoms with Crippen molar-refractivity contribution in [2.24, 2.45) is 0 Å². The highest BCUT2D eigenvalue weighted by atomic mass is 16.5. The van der Waals surface area contributed by atoms with Crippen molar-refractivity contribution in [1.82, 2.24) is 10.2 Å². The van der Waals surface area contributed by atoms with Crippen LogP contribution in [-0.2, 0) is 14.3 Å². The number of ether oxygens (including phenoxy) is 2. The molecule has 3 aliphatic rings. The predicted molar refractivity (Wildman–Crippen MR) is 61.5 cm³/mol. The maximum atomic E-state index is 12.3. The quantitative estimate of drug-likeness (QED) is 0.760. The molecular weight excluding hydrogens is 220 g/mol. The molecule has 1 spiro atoms. The second-order valence-corrected chi connectivity index (χ2v) is 5.53. The highest BCUT2D eigenvalue weighted by Crippen LogP contribution is 2.42. The third kappa shape index (κ3) is 1.68. The number of carbonyl (C=O) groups is 1. The fourth-order valence-electron chi connectivity index (χ4n) is 2.93.